The zero-order valence-electron chi connectivity index (χ0n) is 13.5. The highest BCUT2D eigenvalue weighted by Gasteiger charge is 2.74. The lowest BCUT2D eigenvalue weighted by Crippen LogP contribution is -2.73. The van der Waals surface area contributed by atoms with Crippen LogP contribution >= 0.6 is 0 Å². The minimum atomic E-state index is 0.130. The average molecular weight is 276 g/mol. The molecule has 4 rings (SSSR count). The molecule has 0 radical (unpaired) electrons. The molecule has 1 saturated heterocycles. The summed E-state index contributed by atoms with van der Waals surface area (Å²) in [6, 6.07) is 0. The molecule has 0 aromatic rings. The lowest BCUT2D eigenvalue weighted by molar-refractivity contribution is -0.192. The van der Waals surface area contributed by atoms with E-state index in [1.54, 1.807) is 0 Å². The van der Waals surface area contributed by atoms with Gasteiger partial charge in [0.1, 0.15) is 0 Å². The smallest absolute Gasteiger partial charge is 0.0282 e. The van der Waals surface area contributed by atoms with Crippen LogP contribution in [0, 0.1) is 17.3 Å². The van der Waals surface area contributed by atoms with Gasteiger partial charge in [-0.1, -0.05) is 13.3 Å². The number of nitrogens with two attached hydrogens (primary N) is 1. The highest BCUT2D eigenvalue weighted by atomic mass is 15.3. The van der Waals surface area contributed by atoms with Crippen LogP contribution in [-0.4, -0.2) is 29.1 Å². The van der Waals surface area contributed by atoms with Crippen LogP contribution in [0.3, 0.4) is 0 Å². The van der Waals surface area contributed by atoms with Gasteiger partial charge in [-0.2, -0.15) is 0 Å². The summed E-state index contributed by atoms with van der Waals surface area (Å²) in [4.78, 5) is 2.90. The maximum absolute atomic E-state index is 6.28. The fourth-order valence-corrected chi connectivity index (χ4v) is 5.98. The molecule has 2 N–H and O–H groups in total. The molecular formula is C18H32N2. The molecule has 0 amide bonds. The largest absolute Gasteiger partial charge is 0.325 e. The summed E-state index contributed by atoms with van der Waals surface area (Å²) >= 11 is 0. The second-order valence-corrected chi connectivity index (χ2v) is 8.81. The number of nitrogens with zero attached hydrogens (tertiary/aromatic N) is 1. The van der Waals surface area contributed by atoms with E-state index in [0.717, 1.165) is 17.3 Å². The Bertz CT molecular complexity index is 386. The van der Waals surface area contributed by atoms with E-state index in [-0.39, 0.29) is 5.54 Å². The third-order valence-electron chi connectivity index (χ3n) is 7.67. The second kappa shape index (κ2) is 4.23. The molecule has 2 nitrogen and oxygen atoms in total. The first-order chi connectivity index (χ1) is 9.51. The molecule has 114 valence electrons. The molecule has 20 heavy (non-hydrogen) atoms. The van der Waals surface area contributed by atoms with Gasteiger partial charge in [0, 0.05) is 29.6 Å². The molecule has 2 atom stereocenters. The Hall–Kier alpha value is -0.0800. The van der Waals surface area contributed by atoms with E-state index >= 15 is 0 Å². The highest BCUT2D eigenvalue weighted by Crippen LogP contribution is 2.72. The van der Waals surface area contributed by atoms with Gasteiger partial charge in [0.05, 0.1) is 0 Å². The van der Waals surface area contributed by atoms with Crippen LogP contribution in [0.25, 0.3) is 0 Å². The molecule has 0 aromatic heterocycles. The van der Waals surface area contributed by atoms with Gasteiger partial charge >= 0.3 is 0 Å². The zero-order valence-corrected chi connectivity index (χ0v) is 13.5. The maximum Gasteiger partial charge on any atom is 0.0282 e. The van der Waals surface area contributed by atoms with E-state index in [0.29, 0.717) is 5.54 Å². The van der Waals surface area contributed by atoms with E-state index in [1.165, 1.54) is 70.9 Å². The van der Waals surface area contributed by atoms with Gasteiger partial charge in [0.15, 0.2) is 0 Å². The van der Waals surface area contributed by atoms with Gasteiger partial charge in [-0.15, -0.1) is 0 Å². The van der Waals surface area contributed by atoms with Crippen LogP contribution in [0.1, 0.15) is 71.6 Å². The van der Waals surface area contributed by atoms with E-state index in [4.69, 9.17) is 5.73 Å². The fourth-order valence-electron chi connectivity index (χ4n) is 5.98. The van der Waals surface area contributed by atoms with E-state index < -0.39 is 0 Å². The van der Waals surface area contributed by atoms with Crippen LogP contribution in [0.5, 0.6) is 0 Å². The van der Waals surface area contributed by atoms with Crippen molar-refractivity contribution < 1.29 is 0 Å². The first-order valence-electron chi connectivity index (χ1n) is 9.05. The monoisotopic (exact) mass is 276 g/mol. The van der Waals surface area contributed by atoms with E-state index in [2.05, 4.69) is 18.7 Å². The number of hydrogen-bond acceptors (Lipinski definition) is 2. The minimum Gasteiger partial charge on any atom is -0.325 e. The maximum atomic E-state index is 6.28. The van der Waals surface area contributed by atoms with Crippen LogP contribution in [0.15, 0.2) is 0 Å². The standard InChI is InChI=1S/C18H32N2/c1-3-15-6-9-17(15)13-20(18(17)10-11-18)12-14-4-7-16(2,19)8-5-14/h14-15H,3-13,19H2,1-2H3. The van der Waals surface area contributed by atoms with Gasteiger partial charge in [0.25, 0.3) is 0 Å². The van der Waals surface area contributed by atoms with Crippen LogP contribution in [-0.2, 0) is 0 Å². The predicted molar refractivity (Wildman–Crippen MR) is 83.5 cm³/mol. The molecule has 4 aliphatic rings. The molecule has 4 fully saturated rings. The highest BCUT2D eigenvalue weighted by molar-refractivity contribution is 5.28. The molecule has 3 saturated carbocycles. The van der Waals surface area contributed by atoms with Crippen LogP contribution in [0.2, 0.25) is 0 Å². The van der Waals surface area contributed by atoms with Crippen LogP contribution in [0.4, 0.5) is 0 Å². The van der Waals surface area contributed by atoms with Gasteiger partial charge in [-0.25, -0.2) is 0 Å². The SMILES string of the molecule is CCC1CCC12CN(CC1CCC(C)(N)CC1)C21CC1. The second-order valence-electron chi connectivity index (χ2n) is 8.81. The molecule has 0 aromatic carbocycles. The summed E-state index contributed by atoms with van der Waals surface area (Å²) in [5.74, 6) is 1.99. The number of rotatable bonds is 3. The van der Waals surface area contributed by atoms with Crippen molar-refractivity contribution >= 4 is 0 Å². The molecular weight excluding hydrogens is 244 g/mol. The number of hydrogen-bond donors (Lipinski definition) is 1. The Labute approximate surface area is 124 Å². The molecule has 2 heteroatoms. The Morgan fingerprint density at radius 2 is 1.75 bits per heavy atom. The summed E-state index contributed by atoms with van der Waals surface area (Å²) in [5.41, 5.74) is 7.88. The van der Waals surface area contributed by atoms with Crippen molar-refractivity contribution in [3.05, 3.63) is 0 Å². The molecule has 0 bridgehead atoms. The molecule has 1 aliphatic heterocycles. The summed E-state index contributed by atoms with van der Waals surface area (Å²) in [5, 5.41) is 0. The number of likely N-dealkylation sites (tertiary alicyclic amines) is 1. The Morgan fingerprint density at radius 1 is 1.05 bits per heavy atom. The van der Waals surface area contributed by atoms with Crippen molar-refractivity contribution in [1.82, 2.24) is 4.90 Å². The molecule has 3 aliphatic carbocycles. The Kier molecular flexibility index (Phi) is 2.87. The Balaban J connectivity index is 1.36. The van der Waals surface area contributed by atoms with Crippen LogP contribution < -0.4 is 5.73 Å². The van der Waals surface area contributed by atoms with E-state index in [1.807, 2.05) is 0 Å². The normalized spacial score (nSPS) is 50.0. The van der Waals surface area contributed by atoms with E-state index in [9.17, 15) is 0 Å². The Morgan fingerprint density at radius 3 is 2.25 bits per heavy atom. The average Bonchev–Trinajstić information content (AvgIpc) is 3.17. The van der Waals surface area contributed by atoms with Gasteiger partial charge in [-0.05, 0) is 70.1 Å². The molecule has 2 spiro atoms. The van der Waals surface area contributed by atoms with Crippen molar-refractivity contribution in [2.75, 3.05) is 13.1 Å². The predicted octanol–water partition coefficient (Wildman–Crippen LogP) is 3.55. The topological polar surface area (TPSA) is 29.3 Å². The lowest BCUT2D eigenvalue weighted by Gasteiger charge is -2.68. The summed E-state index contributed by atoms with van der Waals surface area (Å²) in [6.07, 6.45) is 12.7. The molecule has 1 heterocycles. The van der Waals surface area contributed by atoms with Crippen molar-refractivity contribution in [3.63, 3.8) is 0 Å². The van der Waals surface area contributed by atoms with Gasteiger partial charge in [-0.3, -0.25) is 4.90 Å². The first kappa shape index (κ1) is 13.6. The fraction of sp³-hybridized carbons (Fsp3) is 1.00. The van der Waals surface area contributed by atoms with Gasteiger partial charge < -0.3 is 5.73 Å². The lowest BCUT2D eigenvalue weighted by atomic mass is 9.49. The summed E-state index contributed by atoms with van der Waals surface area (Å²) < 4.78 is 0. The summed E-state index contributed by atoms with van der Waals surface area (Å²) in [6.45, 7) is 7.47. The quantitative estimate of drug-likeness (QED) is 0.854. The third-order valence-corrected chi connectivity index (χ3v) is 7.67. The minimum absolute atomic E-state index is 0.130. The van der Waals surface area contributed by atoms with Crippen molar-refractivity contribution in [1.29, 1.82) is 0 Å². The third kappa shape index (κ3) is 1.70. The van der Waals surface area contributed by atoms with Crippen molar-refractivity contribution in [2.45, 2.75) is 82.7 Å². The molecule has 2 unspecified atom stereocenters. The summed E-state index contributed by atoms with van der Waals surface area (Å²) in [7, 11) is 0. The van der Waals surface area contributed by atoms with Crippen molar-refractivity contribution in [2.24, 2.45) is 23.0 Å². The van der Waals surface area contributed by atoms with Crippen molar-refractivity contribution in [3.8, 4) is 0 Å². The number of fused-ring (bicyclic) bond motifs is 1. The first-order valence-corrected chi connectivity index (χ1v) is 9.05. The van der Waals surface area contributed by atoms with Gasteiger partial charge in [0.2, 0.25) is 0 Å². The zero-order chi connectivity index (χ0) is 14.0.